The average molecular weight is 206 g/mol. The summed E-state index contributed by atoms with van der Waals surface area (Å²) in [7, 11) is 0.856. The van der Waals surface area contributed by atoms with E-state index in [0.717, 1.165) is 12.7 Å². The Labute approximate surface area is 90.3 Å². The fourth-order valence-corrected chi connectivity index (χ4v) is 0.966. The minimum absolute atomic E-state index is 0.113. The molecule has 0 atom stereocenters. The van der Waals surface area contributed by atoms with E-state index in [1.54, 1.807) is 12.4 Å². The number of carbonyl (C=O) groups excluding carboxylic acids is 1. The quantitative estimate of drug-likeness (QED) is 0.523. The lowest BCUT2D eigenvalue weighted by atomic mass is 9.75. The van der Waals surface area contributed by atoms with Crippen LogP contribution in [0.15, 0.2) is 12.4 Å². The molecule has 0 saturated carbocycles. The van der Waals surface area contributed by atoms with Crippen LogP contribution in [-0.4, -0.2) is 28.8 Å². The van der Waals surface area contributed by atoms with Crippen LogP contribution < -0.4 is 5.46 Å². The molecule has 1 heterocycles. The highest BCUT2D eigenvalue weighted by molar-refractivity contribution is 6.51. The predicted molar refractivity (Wildman–Crippen MR) is 59.8 cm³/mol. The second kappa shape index (κ2) is 4.42. The van der Waals surface area contributed by atoms with Gasteiger partial charge in [-0.25, -0.2) is 14.8 Å². The standard InChI is InChI=1S/C10H15BN2O2/c1-10(2,3)15-9(14)8-12-5-7(11-4)6-13-8/h5-6,11H,1-4H3. The Morgan fingerprint density at radius 2 is 1.87 bits per heavy atom. The first-order valence-corrected chi connectivity index (χ1v) is 4.96. The van der Waals surface area contributed by atoms with Crippen molar-refractivity contribution < 1.29 is 9.53 Å². The van der Waals surface area contributed by atoms with Gasteiger partial charge in [0, 0.05) is 12.4 Å². The van der Waals surface area contributed by atoms with Gasteiger partial charge in [0.25, 0.3) is 0 Å². The van der Waals surface area contributed by atoms with E-state index in [4.69, 9.17) is 4.74 Å². The van der Waals surface area contributed by atoms with Gasteiger partial charge < -0.3 is 4.74 Å². The molecular weight excluding hydrogens is 191 g/mol. The molecule has 1 aromatic heterocycles. The van der Waals surface area contributed by atoms with Crippen LogP contribution in [0.5, 0.6) is 0 Å². The van der Waals surface area contributed by atoms with Crippen LogP contribution in [0.1, 0.15) is 31.4 Å². The fourth-order valence-electron chi connectivity index (χ4n) is 0.966. The van der Waals surface area contributed by atoms with E-state index in [9.17, 15) is 4.79 Å². The van der Waals surface area contributed by atoms with Gasteiger partial charge in [0.2, 0.25) is 5.82 Å². The smallest absolute Gasteiger partial charge is 0.376 e. The molecule has 1 rings (SSSR count). The Morgan fingerprint density at radius 3 is 2.27 bits per heavy atom. The van der Waals surface area contributed by atoms with E-state index in [-0.39, 0.29) is 5.82 Å². The molecule has 0 fully saturated rings. The van der Waals surface area contributed by atoms with Gasteiger partial charge in [0.05, 0.1) is 0 Å². The third-order valence-corrected chi connectivity index (χ3v) is 1.70. The van der Waals surface area contributed by atoms with Crippen molar-refractivity contribution in [2.24, 2.45) is 0 Å². The van der Waals surface area contributed by atoms with Gasteiger partial charge in [-0.1, -0.05) is 6.82 Å². The summed E-state index contributed by atoms with van der Waals surface area (Å²) < 4.78 is 5.13. The summed E-state index contributed by atoms with van der Waals surface area (Å²) in [4.78, 5) is 19.4. The third kappa shape index (κ3) is 3.69. The molecule has 0 aliphatic rings. The normalized spacial score (nSPS) is 10.9. The van der Waals surface area contributed by atoms with Gasteiger partial charge >= 0.3 is 5.97 Å². The van der Waals surface area contributed by atoms with Crippen molar-refractivity contribution in [3.8, 4) is 0 Å². The number of aromatic nitrogens is 2. The van der Waals surface area contributed by atoms with Crippen molar-refractivity contribution in [3.63, 3.8) is 0 Å². The molecule has 0 amide bonds. The number of hydrogen-bond acceptors (Lipinski definition) is 4. The lowest BCUT2D eigenvalue weighted by Gasteiger charge is -2.18. The van der Waals surface area contributed by atoms with Gasteiger partial charge in [0.1, 0.15) is 5.60 Å². The van der Waals surface area contributed by atoms with Gasteiger partial charge in [0.15, 0.2) is 7.28 Å². The maximum absolute atomic E-state index is 11.5. The predicted octanol–water partition coefficient (Wildman–Crippen LogP) is 0.542. The Morgan fingerprint density at radius 1 is 1.33 bits per heavy atom. The Balaban J connectivity index is 2.75. The molecular formula is C10H15BN2O2. The van der Waals surface area contributed by atoms with E-state index in [0.29, 0.717) is 0 Å². The van der Waals surface area contributed by atoms with E-state index < -0.39 is 11.6 Å². The van der Waals surface area contributed by atoms with Crippen LogP contribution >= 0.6 is 0 Å². The monoisotopic (exact) mass is 206 g/mol. The Kier molecular flexibility index (Phi) is 3.45. The molecule has 0 spiro atoms. The number of carbonyl (C=O) groups is 1. The number of hydrogen-bond donors (Lipinski definition) is 0. The molecule has 1 aromatic rings. The maximum atomic E-state index is 11.5. The lowest BCUT2D eigenvalue weighted by Crippen LogP contribution is -2.26. The van der Waals surface area contributed by atoms with Crippen LogP contribution in [0, 0.1) is 0 Å². The van der Waals surface area contributed by atoms with Crippen LogP contribution in [0.3, 0.4) is 0 Å². The third-order valence-electron chi connectivity index (χ3n) is 1.70. The molecule has 0 bridgehead atoms. The number of rotatable bonds is 2. The van der Waals surface area contributed by atoms with Gasteiger partial charge in [-0.2, -0.15) is 0 Å². The number of nitrogens with zero attached hydrogens (tertiary/aromatic N) is 2. The zero-order valence-corrected chi connectivity index (χ0v) is 9.57. The van der Waals surface area contributed by atoms with Crippen molar-refractivity contribution in [1.29, 1.82) is 0 Å². The highest BCUT2D eigenvalue weighted by Crippen LogP contribution is 2.08. The summed E-state index contributed by atoms with van der Waals surface area (Å²) in [6, 6.07) is 0. The molecule has 0 aliphatic carbocycles. The number of esters is 1. The van der Waals surface area contributed by atoms with Crippen LogP contribution in [0.25, 0.3) is 0 Å². The lowest BCUT2D eigenvalue weighted by molar-refractivity contribution is 0.00556. The Bertz CT molecular complexity index is 343. The molecule has 5 heteroatoms. The first-order valence-electron chi connectivity index (χ1n) is 4.96. The summed E-state index contributed by atoms with van der Waals surface area (Å²) in [5, 5.41) is 0. The molecule has 0 saturated heterocycles. The van der Waals surface area contributed by atoms with E-state index in [1.165, 1.54) is 0 Å². The van der Waals surface area contributed by atoms with Crippen LogP contribution in [0.4, 0.5) is 0 Å². The highest BCUT2D eigenvalue weighted by atomic mass is 16.6. The van der Waals surface area contributed by atoms with E-state index in [1.807, 2.05) is 27.6 Å². The summed E-state index contributed by atoms with van der Waals surface area (Å²) in [5.41, 5.74) is 0.492. The second-order valence-corrected chi connectivity index (χ2v) is 4.27. The topological polar surface area (TPSA) is 52.1 Å². The summed E-state index contributed by atoms with van der Waals surface area (Å²) >= 11 is 0. The average Bonchev–Trinajstić information content (AvgIpc) is 2.15. The van der Waals surface area contributed by atoms with Crippen molar-refractivity contribution in [2.75, 3.05) is 0 Å². The first-order chi connectivity index (χ1) is 6.92. The zero-order valence-electron chi connectivity index (χ0n) is 9.57. The molecule has 15 heavy (non-hydrogen) atoms. The highest BCUT2D eigenvalue weighted by Gasteiger charge is 2.19. The molecule has 0 N–H and O–H groups in total. The van der Waals surface area contributed by atoms with Gasteiger partial charge in [-0.05, 0) is 26.2 Å². The maximum Gasteiger partial charge on any atom is 0.376 e. The molecule has 4 nitrogen and oxygen atoms in total. The first kappa shape index (κ1) is 11.7. The molecule has 0 radical (unpaired) electrons. The van der Waals surface area contributed by atoms with Gasteiger partial charge in [-0.3, -0.25) is 0 Å². The molecule has 0 aliphatic heterocycles. The summed E-state index contributed by atoms with van der Waals surface area (Å²) in [6.45, 7) is 7.44. The largest absolute Gasteiger partial charge is 0.454 e. The minimum Gasteiger partial charge on any atom is -0.454 e. The van der Waals surface area contributed by atoms with Crippen molar-refractivity contribution in [3.05, 3.63) is 18.2 Å². The minimum atomic E-state index is -0.510. The van der Waals surface area contributed by atoms with Crippen LogP contribution in [-0.2, 0) is 4.74 Å². The van der Waals surface area contributed by atoms with Gasteiger partial charge in [-0.15, -0.1) is 0 Å². The van der Waals surface area contributed by atoms with Crippen LogP contribution in [0.2, 0.25) is 6.82 Å². The SMILES string of the molecule is CBc1cnc(C(=O)OC(C)(C)C)nc1. The van der Waals surface area contributed by atoms with E-state index in [2.05, 4.69) is 9.97 Å². The fraction of sp³-hybridized carbons (Fsp3) is 0.500. The molecule has 80 valence electrons. The van der Waals surface area contributed by atoms with Crippen molar-refractivity contribution in [1.82, 2.24) is 9.97 Å². The number of ether oxygens (including phenoxy) is 1. The second-order valence-electron chi connectivity index (χ2n) is 4.27. The summed E-state index contributed by atoms with van der Waals surface area (Å²) in [6.07, 6.45) is 3.29. The zero-order chi connectivity index (χ0) is 11.5. The van der Waals surface area contributed by atoms with E-state index >= 15 is 0 Å². The summed E-state index contributed by atoms with van der Waals surface area (Å²) in [5.74, 6) is -0.368. The van der Waals surface area contributed by atoms with Crippen molar-refractivity contribution in [2.45, 2.75) is 33.2 Å². The Hall–Kier alpha value is -1.39. The molecule has 0 aromatic carbocycles. The molecule has 0 unspecified atom stereocenters. The van der Waals surface area contributed by atoms with Crippen molar-refractivity contribution >= 4 is 18.7 Å².